The maximum atomic E-state index is 9.20. The normalized spacial score (nSPS) is 15.1. The van der Waals surface area contributed by atoms with Crippen molar-refractivity contribution in [3.8, 4) is 11.9 Å². The second-order valence-corrected chi connectivity index (χ2v) is 8.71. The summed E-state index contributed by atoms with van der Waals surface area (Å²) >= 11 is 0. The highest BCUT2D eigenvalue weighted by Crippen LogP contribution is 2.27. The van der Waals surface area contributed by atoms with Gasteiger partial charge in [-0.1, -0.05) is 19.3 Å². The Morgan fingerprint density at radius 3 is 2.73 bits per heavy atom. The molecular formula is C23H30N10. The lowest BCUT2D eigenvalue weighted by atomic mass is 9.95. The molecule has 10 heteroatoms. The van der Waals surface area contributed by atoms with Crippen molar-refractivity contribution in [1.29, 1.82) is 5.26 Å². The highest BCUT2D eigenvalue weighted by atomic mass is 15.4. The highest BCUT2D eigenvalue weighted by Gasteiger charge is 2.19. The van der Waals surface area contributed by atoms with E-state index in [1.54, 1.807) is 34.4 Å². The summed E-state index contributed by atoms with van der Waals surface area (Å²) in [7, 11) is 0. The number of anilines is 2. The summed E-state index contributed by atoms with van der Waals surface area (Å²) in [6, 6.07) is 6.06. The third-order valence-electron chi connectivity index (χ3n) is 5.84. The van der Waals surface area contributed by atoms with Gasteiger partial charge in [0.25, 0.3) is 0 Å². The quantitative estimate of drug-likeness (QED) is 0.329. The lowest BCUT2D eigenvalue weighted by Crippen LogP contribution is -2.38. The van der Waals surface area contributed by atoms with Gasteiger partial charge in [0, 0.05) is 47.2 Å². The standard InChI is InChI=1S/C23H30N10/c1-14(2)30-20-9-21(33-23-16(11-29-33)8-15(10-24)22(26)31-23)28-12-18(20)19(25)13-32(27)17-6-4-3-5-7-17/h8-9,11-14,17H,3-7,25,27H2,1-2H3,(H2,26,31)(H,28,30)/b19-13-. The molecule has 0 bridgehead atoms. The molecule has 33 heavy (non-hydrogen) atoms. The van der Waals surface area contributed by atoms with Crippen molar-refractivity contribution in [2.45, 2.75) is 58.0 Å². The van der Waals surface area contributed by atoms with E-state index < -0.39 is 0 Å². The topological polar surface area (TPSA) is 161 Å². The summed E-state index contributed by atoms with van der Waals surface area (Å²) in [5.74, 6) is 7.03. The zero-order valence-corrected chi connectivity index (χ0v) is 19.0. The molecule has 0 spiro atoms. The number of hydrogen-bond acceptors (Lipinski definition) is 9. The second kappa shape index (κ2) is 9.34. The summed E-state index contributed by atoms with van der Waals surface area (Å²) in [5.41, 5.74) is 15.3. The number of hydrazine groups is 1. The molecular weight excluding hydrogens is 416 g/mol. The zero-order valence-electron chi connectivity index (χ0n) is 19.0. The molecule has 4 rings (SSSR count). The Morgan fingerprint density at radius 2 is 2.03 bits per heavy atom. The molecule has 1 fully saturated rings. The van der Waals surface area contributed by atoms with Crippen molar-refractivity contribution in [3.63, 3.8) is 0 Å². The van der Waals surface area contributed by atoms with Crippen molar-refractivity contribution in [3.05, 3.63) is 41.9 Å². The van der Waals surface area contributed by atoms with Crippen LogP contribution >= 0.6 is 0 Å². The van der Waals surface area contributed by atoms with Crippen LogP contribution in [0.2, 0.25) is 0 Å². The van der Waals surface area contributed by atoms with E-state index in [1.165, 1.54) is 19.3 Å². The molecule has 0 amide bonds. The predicted octanol–water partition coefficient (Wildman–Crippen LogP) is 2.86. The molecule has 0 atom stereocenters. The van der Waals surface area contributed by atoms with Crippen LogP contribution in [0.1, 0.15) is 57.1 Å². The van der Waals surface area contributed by atoms with E-state index in [9.17, 15) is 5.26 Å². The molecule has 172 valence electrons. The average molecular weight is 447 g/mol. The van der Waals surface area contributed by atoms with Crippen molar-refractivity contribution < 1.29 is 0 Å². The SMILES string of the molecule is CC(C)Nc1cc(-n2ncc3cc(C#N)c(N)nc32)ncc1/C(N)=C/N(N)C1CCCCC1. The summed E-state index contributed by atoms with van der Waals surface area (Å²) in [4.78, 5) is 8.94. The fraction of sp³-hybridized carbons (Fsp3) is 0.391. The molecule has 1 saturated carbocycles. The van der Waals surface area contributed by atoms with Crippen LogP contribution in [0.3, 0.4) is 0 Å². The summed E-state index contributed by atoms with van der Waals surface area (Å²) in [5, 5.41) is 19.5. The van der Waals surface area contributed by atoms with E-state index in [-0.39, 0.29) is 11.9 Å². The lowest BCUT2D eigenvalue weighted by molar-refractivity contribution is 0.222. The molecule has 0 radical (unpaired) electrons. The van der Waals surface area contributed by atoms with Gasteiger partial charge in [-0.3, -0.25) is 0 Å². The van der Waals surface area contributed by atoms with E-state index in [1.807, 2.05) is 12.1 Å². The number of nitrogen functional groups attached to an aromatic ring is 1. The number of nitrogens with zero attached hydrogens (tertiary/aromatic N) is 6. The summed E-state index contributed by atoms with van der Waals surface area (Å²) in [6.07, 6.45) is 10.9. The minimum absolute atomic E-state index is 0.154. The van der Waals surface area contributed by atoms with Crippen LogP contribution in [0.5, 0.6) is 0 Å². The fourth-order valence-electron chi connectivity index (χ4n) is 4.16. The molecule has 1 aliphatic carbocycles. The number of nitriles is 1. The first-order valence-electron chi connectivity index (χ1n) is 11.2. The molecule has 0 aromatic carbocycles. The number of aromatic nitrogens is 4. The minimum atomic E-state index is 0.154. The summed E-state index contributed by atoms with van der Waals surface area (Å²) < 4.78 is 1.60. The van der Waals surface area contributed by atoms with Gasteiger partial charge in [-0.05, 0) is 32.8 Å². The molecule has 0 aliphatic heterocycles. The van der Waals surface area contributed by atoms with Gasteiger partial charge in [0.2, 0.25) is 0 Å². The minimum Gasteiger partial charge on any atom is -0.397 e. The third-order valence-corrected chi connectivity index (χ3v) is 5.84. The number of hydrogen-bond donors (Lipinski definition) is 4. The van der Waals surface area contributed by atoms with E-state index in [2.05, 4.69) is 34.2 Å². The molecule has 0 unspecified atom stereocenters. The van der Waals surface area contributed by atoms with Crippen LogP contribution < -0.4 is 22.6 Å². The lowest BCUT2D eigenvalue weighted by Gasteiger charge is -2.30. The van der Waals surface area contributed by atoms with E-state index in [0.717, 1.165) is 24.1 Å². The van der Waals surface area contributed by atoms with Gasteiger partial charge in [-0.2, -0.15) is 15.0 Å². The van der Waals surface area contributed by atoms with Crippen molar-refractivity contribution in [2.24, 2.45) is 11.6 Å². The second-order valence-electron chi connectivity index (χ2n) is 8.71. The molecule has 3 heterocycles. The van der Waals surface area contributed by atoms with Crippen molar-refractivity contribution in [1.82, 2.24) is 24.8 Å². The first kappa shape index (κ1) is 22.4. The Kier molecular flexibility index (Phi) is 6.33. The van der Waals surface area contributed by atoms with Crippen LogP contribution in [0.25, 0.3) is 22.5 Å². The van der Waals surface area contributed by atoms with Crippen LogP contribution in [-0.2, 0) is 0 Å². The highest BCUT2D eigenvalue weighted by molar-refractivity contribution is 5.81. The zero-order chi connectivity index (χ0) is 23.5. The van der Waals surface area contributed by atoms with Crippen molar-refractivity contribution in [2.75, 3.05) is 11.1 Å². The van der Waals surface area contributed by atoms with Crippen molar-refractivity contribution >= 4 is 28.2 Å². The van der Waals surface area contributed by atoms with Gasteiger partial charge in [0.05, 0.1) is 17.5 Å². The molecule has 3 aromatic rings. The van der Waals surface area contributed by atoms with Crippen LogP contribution in [0.4, 0.5) is 11.5 Å². The average Bonchev–Trinajstić information content (AvgIpc) is 3.21. The van der Waals surface area contributed by atoms with Crippen LogP contribution in [0.15, 0.2) is 30.7 Å². The van der Waals surface area contributed by atoms with Gasteiger partial charge in [0.15, 0.2) is 11.5 Å². The van der Waals surface area contributed by atoms with Gasteiger partial charge < -0.3 is 21.8 Å². The smallest absolute Gasteiger partial charge is 0.167 e. The number of pyridine rings is 2. The van der Waals surface area contributed by atoms with Crippen LogP contribution in [0, 0.1) is 11.3 Å². The fourth-order valence-corrected chi connectivity index (χ4v) is 4.16. The molecule has 10 nitrogen and oxygen atoms in total. The maximum Gasteiger partial charge on any atom is 0.167 e. The molecule has 7 N–H and O–H groups in total. The van der Waals surface area contributed by atoms with Gasteiger partial charge in [-0.15, -0.1) is 0 Å². The monoisotopic (exact) mass is 446 g/mol. The Labute approximate surface area is 193 Å². The maximum absolute atomic E-state index is 9.20. The molecule has 3 aromatic heterocycles. The number of fused-ring (bicyclic) bond motifs is 1. The number of nitrogens with one attached hydrogen (secondary N) is 1. The largest absolute Gasteiger partial charge is 0.397 e. The van der Waals surface area contributed by atoms with E-state index >= 15 is 0 Å². The predicted molar refractivity (Wildman–Crippen MR) is 130 cm³/mol. The first-order valence-corrected chi connectivity index (χ1v) is 11.2. The summed E-state index contributed by atoms with van der Waals surface area (Å²) in [6.45, 7) is 4.10. The Hall–Kier alpha value is -3.84. The van der Waals surface area contributed by atoms with E-state index in [0.29, 0.717) is 34.2 Å². The molecule has 0 saturated heterocycles. The number of nitrogens with two attached hydrogens (primary N) is 3. The Morgan fingerprint density at radius 1 is 1.27 bits per heavy atom. The van der Waals surface area contributed by atoms with E-state index in [4.69, 9.17) is 17.3 Å². The first-order chi connectivity index (χ1) is 15.9. The number of rotatable bonds is 6. The van der Waals surface area contributed by atoms with Crippen LogP contribution in [-0.4, -0.2) is 36.8 Å². The third kappa shape index (κ3) is 4.68. The van der Waals surface area contributed by atoms with Gasteiger partial charge in [0.1, 0.15) is 11.9 Å². The molecule has 1 aliphatic rings. The Balaban J connectivity index is 1.71. The Bertz CT molecular complexity index is 1210. The van der Waals surface area contributed by atoms with Gasteiger partial charge in [-0.25, -0.2) is 15.8 Å². The van der Waals surface area contributed by atoms with Gasteiger partial charge >= 0.3 is 0 Å².